The Bertz CT molecular complexity index is 1070. The lowest BCUT2D eigenvalue weighted by Crippen LogP contribution is -2.46. The van der Waals surface area contributed by atoms with Crippen LogP contribution in [0.4, 0.5) is 4.39 Å². The number of halogens is 1. The number of carbonyl (C=O) groups excluding carboxylic acids is 1. The molecule has 0 aliphatic carbocycles. The Kier molecular flexibility index (Phi) is 6.69. The Labute approximate surface area is 188 Å². The molecule has 170 valence electrons. The molecule has 2 aromatic heterocycles. The molecule has 7 nitrogen and oxygen atoms in total. The zero-order chi connectivity index (χ0) is 22.7. The second-order valence-electron chi connectivity index (χ2n) is 8.76. The van der Waals surface area contributed by atoms with Crippen LogP contribution in [0.1, 0.15) is 31.2 Å². The molecule has 1 N–H and O–H groups in total. The van der Waals surface area contributed by atoms with Gasteiger partial charge in [-0.2, -0.15) is 10.2 Å². The number of benzene rings is 1. The normalized spacial score (nSPS) is 16.2. The molecule has 1 aliphatic heterocycles. The minimum atomic E-state index is -0.259. The number of carbonyl (C=O) groups is 1. The van der Waals surface area contributed by atoms with Gasteiger partial charge in [-0.05, 0) is 44.0 Å². The summed E-state index contributed by atoms with van der Waals surface area (Å²) in [5, 5.41) is 12.1. The summed E-state index contributed by atoms with van der Waals surface area (Å²) in [7, 11) is 1.90. The van der Waals surface area contributed by atoms with Gasteiger partial charge in [-0.15, -0.1) is 0 Å². The number of nitrogens with one attached hydrogen (secondary N) is 1. The monoisotopic (exact) mass is 438 g/mol. The van der Waals surface area contributed by atoms with E-state index in [1.54, 1.807) is 12.1 Å². The van der Waals surface area contributed by atoms with E-state index < -0.39 is 0 Å². The summed E-state index contributed by atoms with van der Waals surface area (Å²) in [6, 6.07) is 10.8. The fourth-order valence-corrected chi connectivity index (χ4v) is 4.19. The molecule has 1 aromatic carbocycles. The van der Waals surface area contributed by atoms with Crippen molar-refractivity contribution >= 4 is 5.91 Å². The minimum absolute atomic E-state index is 0.0813. The molecule has 3 heterocycles. The predicted octanol–water partition coefficient (Wildman–Crippen LogP) is 3.15. The van der Waals surface area contributed by atoms with Crippen LogP contribution in [0.3, 0.4) is 0 Å². The maximum atomic E-state index is 14.1. The number of hydrogen-bond acceptors (Lipinski definition) is 4. The van der Waals surface area contributed by atoms with E-state index in [4.69, 9.17) is 0 Å². The summed E-state index contributed by atoms with van der Waals surface area (Å²) in [5.74, 6) is -0.304. The van der Waals surface area contributed by atoms with Crippen molar-refractivity contribution in [2.75, 3.05) is 13.1 Å². The molecule has 1 aliphatic rings. The van der Waals surface area contributed by atoms with Crippen LogP contribution in [0.15, 0.2) is 42.6 Å². The Hall–Kier alpha value is -3.00. The third kappa shape index (κ3) is 5.24. The lowest BCUT2D eigenvalue weighted by molar-refractivity contribution is -0.126. The molecular weight excluding hydrogens is 407 g/mol. The first-order chi connectivity index (χ1) is 15.4. The first-order valence-corrected chi connectivity index (χ1v) is 11.2. The van der Waals surface area contributed by atoms with Gasteiger partial charge in [0.25, 0.3) is 0 Å². The molecule has 8 heteroatoms. The van der Waals surface area contributed by atoms with Crippen LogP contribution in [0.25, 0.3) is 11.3 Å². The van der Waals surface area contributed by atoms with Crippen molar-refractivity contribution in [1.82, 2.24) is 29.8 Å². The van der Waals surface area contributed by atoms with Crippen molar-refractivity contribution in [2.24, 2.45) is 13.0 Å². The van der Waals surface area contributed by atoms with Crippen LogP contribution in [0.2, 0.25) is 0 Å². The van der Waals surface area contributed by atoms with E-state index in [2.05, 4.69) is 20.4 Å². The number of likely N-dealkylation sites (tertiary alicyclic amines) is 1. The largest absolute Gasteiger partial charge is 0.353 e. The lowest BCUT2D eigenvalue weighted by atomic mass is 10.0. The minimum Gasteiger partial charge on any atom is -0.353 e. The van der Waals surface area contributed by atoms with Gasteiger partial charge in [-0.3, -0.25) is 19.1 Å². The topological polar surface area (TPSA) is 68.0 Å². The van der Waals surface area contributed by atoms with Crippen molar-refractivity contribution in [2.45, 2.75) is 45.8 Å². The summed E-state index contributed by atoms with van der Waals surface area (Å²) in [6.45, 7) is 7.03. The van der Waals surface area contributed by atoms with Crippen molar-refractivity contribution in [3.63, 3.8) is 0 Å². The highest BCUT2D eigenvalue weighted by molar-refractivity contribution is 5.78. The molecule has 0 saturated carbocycles. The highest BCUT2D eigenvalue weighted by atomic mass is 19.1. The van der Waals surface area contributed by atoms with Gasteiger partial charge in [-0.25, -0.2) is 4.39 Å². The third-order valence-corrected chi connectivity index (χ3v) is 6.13. The van der Waals surface area contributed by atoms with E-state index in [0.29, 0.717) is 17.8 Å². The molecule has 32 heavy (non-hydrogen) atoms. The van der Waals surface area contributed by atoms with Crippen LogP contribution in [-0.2, 0) is 24.9 Å². The van der Waals surface area contributed by atoms with Gasteiger partial charge < -0.3 is 5.32 Å². The molecule has 1 fully saturated rings. The highest BCUT2D eigenvalue weighted by Crippen LogP contribution is 2.23. The average molecular weight is 439 g/mol. The predicted molar refractivity (Wildman–Crippen MR) is 121 cm³/mol. The van der Waals surface area contributed by atoms with Crippen molar-refractivity contribution in [3.05, 3.63) is 59.8 Å². The molecule has 4 rings (SSSR count). The molecule has 0 bridgehead atoms. The lowest BCUT2D eigenvalue weighted by Gasteiger charge is -2.32. The van der Waals surface area contributed by atoms with Gasteiger partial charge in [0.2, 0.25) is 5.91 Å². The molecular formula is C24H31FN6O. The number of aryl methyl sites for hydroxylation is 2. The highest BCUT2D eigenvalue weighted by Gasteiger charge is 2.24. The van der Waals surface area contributed by atoms with Gasteiger partial charge >= 0.3 is 0 Å². The van der Waals surface area contributed by atoms with E-state index in [1.165, 1.54) is 6.07 Å². The standard InChI is InChI=1S/C24H31FN6O/c1-17(15-31-13-8-18(2)27-31)24(32)26-19-9-11-30(12-10-19)16-20-14-23(28-29(20)3)21-6-4-5-7-22(21)25/h4-8,13-14,17,19H,9-12,15-16H2,1-3H3,(H,26,32)/t17-/m1/s1. The van der Waals surface area contributed by atoms with Crippen LogP contribution < -0.4 is 5.32 Å². The van der Waals surface area contributed by atoms with Crippen LogP contribution >= 0.6 is 0 Å². The summed E-state index contributed by atoms with van der Waals surface area (Å²) < 4.78 is 17.8. The molecule has 0 radical (unpaired) electrons. The number of amides is 1. The summed E-state index contributed by atoms with van der Waals surface area (Å²) in [4.78, 5) is 15.0. The second kappa shape index (κ2) is 9.65. The van der Waals surface area contributed by atoms with Crippen LogP contribution in [-0.4, -0.2) is 49.5 Å². The number of aromatic nitrogens is 4. The smallest absolute Gasteiger partial charge is 0.224 e. The summed E-state index contributed by atoms with van der Waals surface area (Å²) >= 11 is 0. The van der Waals surface area contributed by atoms with Crippen LogP contribution in [0.5, 0.6) is 0 Å². The van der Waals surface area contributed by atoms with Crippen molar-refractivity contribution in [1.29, 1.82) is 0 Å². The van der Waals surface area contributed by atoms with Crippen LogP contribution in [0, 0.1) is 18.7 Å². The first-order valence-electron chi connectivity index (χ1n) is 11.2. The Morgan fingerprint density at radius 2 is 1.97 bits per heavy atom. The van der Waals surface area contributed by atoms with E-state index in [1.807, 2.05) is 54.7 Å². The SMILES string of the molecule is Cc1ccn(C[C@@H](C)C(=O)NC2CCN(Cc3cc(-c4ccccc4F)nn3C)CC2)n1. The third-order valence-electron chi connectivity index (χ3n) is 6.13. The first kappa shape index (κ1) is 22.2. The number of rotatable bonds is 7. The fraction of sp³-hybridized carbons (Fsp3) is 0.458. The van der Waals surface area contributed by atoms with Crippen molar-refractivity contribution in [3.8, 4) is 11.3 Å². The van der Waals surface area contributed by atoms with Gasteiger partial charge in [0, 0.05) is 44.5 Å². The maximum absolute atomic E-state index is 14.1. The molecule has 1 amide bonds. The van der Waals surface area contributed by atoms with Crippen molar-refractivity contribution < 1.29 is 9.18 Å². The van der Waals surface area contributed by atoms with E-state index in [9.17, 15) is 9.18 Å². The molecule has 0 unspecified atom stereocenters. The van der Waals surface area contributed by atoms with Gasteiger partial charge in [0.1, 0.15) is 5.82 Å². The van der Waals surface area contributed by atoms with E-state index in [-0.39, 0.29) is 23.7 Å². The Morgan fingerprint density at radius 1 is 1.22 bits per heavy atom. The Morgan fingerprint density at radius 3 is 2.66 bits per heavy atom. The van der Waals surface area contributed by atoms with Gasteiger partial charge in [-0.1, -0.05) is 19.1 Å². The molecule has 1 atom stereocenters. The van der Waals surface area contributed by atoms with E-state index in [0.717, 1.165) is 43.9 Å². The zero-order valence-electron chi connectivity index (χ0n) is 19.0. The number of nitrogens with zero attached hydrogens (tertiary/aromatic N) is 5. The molecule has 1 saturated heterocycles. The van der Waals surface area contributed by atoms with Gasteiger partial charge in [0.05, 0.1) is 29.5 Å². The summed E-state index contributed by atoms with van der Waals surface area (Å²) in [6.07, 6.45) is 3.74. The fourth-order valence-electron chi connectivity index (χ4n) is 4.19. The second-order valence-corrected chi connectivity index (χ2v) is 8.76. The van der Waals surface area contributed by atoms with Gasteiger partial charge in [0.15, 0.2) is 0 Å². The number of piperidine rings is 1. The maximum Gasteiger partial charge on any atom is 0.224 e. The number of hydrogen-bond donors (Lipinski definition) is 1. The summed E-state index contributed by atoms with van der Waals surface area (Å²) in [5.41, 5.74) is 3.19. The molecule has 3 aromatic rings. The van der Waals surface area contributed by atoms with E-state index >= 15 is 0 Å². The Balaban J connectivity index is 1.27. The quantitative estimate of drug-likeness (QED) is 0.615. The zero-order valence-corrected chi connectivity index (χ0v) is 19.0. The average Bonchev–Trinajstić information content (AvgIpc) is 3.34. The molecule has 0 spiro atoms.